The van der Waals surface area contributed by atoms with E-state index in [9.17, 15) is 0 Å². The number of nitrogens with one attached hydrogen (secondary N) is 1. The zero-order chi connectivity index (χ0) is 18.0. The van der Waals surface area contributed by atoms with Crippen LogP contribution in [0.5, 0.6) is 5.75 Å². The minimum atomic E-state index is 0.272. The molecule has 2 atom stereocenters. The number of methoxy groups -OCH3 is 1. The smallest absolute Gasteiger partial charge is 0.203 e. The van der Waals surface area contributed by atoms with Gasteiger partial charge in [0.15, 0.2) is 12.5 Å². The summed E-state index contributed by atoms with van der Waals surface area (Å²) in [5.74, 6) is 2.57. The Morgan fingerprint density at radius 2 is 2.04 bits per heavy atom. The van der Waals surface area contributed by atoms with Crippen LogP contribution >= 0.6 is 12.2 Å². The van der Waals surface area contributed by atoms with Crippen molar-refractivity contribution in [1.82, 2.24) is 14.3 Å². The Labute approximate surface area is 155 Å². The van der Waals surface area contributed by atoms with Gasteiger partial charge in [-0.2, -0.15) is 4.68 Å². The van der Waals surface area contributed by atoms with Gasteiger partial charge in [0.05, 0.1) is 20.2 Å². The lowest BCUT2D eigenvalue weighted by atomic mass is 10.0. The fraction of sp³-hybridized carbons (Fsp3) is 0.579. The minimum Gasteiger partial charge on any atom is -0.497 e. The Bertz CT molecular complexity index is 763. The first-order chi connectivity index (χ1) is 12.0. The van der Waals surface area contributed by atoms with Crippen molar-refractivity contribution < 1.29 is 9.64 Å². The van der Waals surface area contributed by atoms with Gasteiger partial charge in [0.25, 0.3) is 0 Å². The molecule has 1 aliphatic rings. The van der Waals surface area contributed by atoms with Gasteiger partial charge in [0.1, 0.15) is 5.75 Å². The molecule has 1 aromatic heterocycles. The molecule has 1 fully saturated rings. The fourth-order valence-corrected chi connectivity index (χ4v) is 4.08. The van der Waals surface area contributed by atoms with Gasteiger partial charge < -0.3 is 9.64 Å². The quantitative estimate of drug-likeness (QED) is 0.832. The van der Waals surface area contributed by atoms with Gasteiger partial charge in [-0.1, -0.05) is 6.92 Å². The predicted octanol–water partition coefficient (Wildman–Crippen LogP) is 2.94. The van der Waals surface area contributed by atoms with Crippen LogP contribution in [0.25, 0.3) is 11.4 Å². The van der Waals surface area contributed by atoms with Crippen molar-refractivity contribution in [2.24, 2.45) is 5.92 Å². The number of nitrogens with zero attached hydrogens (tertiary/aromatic N) is 3. The van der Waals surface area contributed by atoms with Gasteiger partial charge >= 0.3 is 0 Å². The molecule has 0 bridgehead atoms. The van der Waals surface area contributed by atoms with E-state index in [0.29, 0.717) is 0 Å². The molecule has 25 heavy (non-hydrogen) atoms. The topological polar surface area (TPSA) is 36.4 Å². The summed E-state index contributed by atoms with van der Waals surface area (Å²) in [7, 11) is 1.68. The third-order valence-electron chi connectivity index (χ3n) is 4.97. The number of rotatable bonds is 5. The number of piperidine rings is 1. The maximum Gasteiger partial charge on any atom is 0.203 e. The molecule has 0 saturated carbocycles. The van der Waals surface area contributed by atoms with Crippen LogP contribution in [0.1, 0.15) is 39.7 Å². The van der Waals surface area contributed by atoms with Gasteiger partial charge in [0.2, 0.25) is 4.77 Å². The number of quaternary nitrogens is 1. The highest BCUT2D eigenvalue weighted by Crippen LogP contribution is 2.24. The predicted molar refractivity (Wildman–Crippen MR) is 103 cm³/mol. The van der Waals surface area contributed by atoms with E-state index in [4.69, 9.17) is 22.1 Å². The molecule has 2 heterocycles. The minimum absolute atomic E-state index is 0.272. The molecule has 0 radical (unpaired) electrons. The van der Waals surface area contributed by atoms with Crippen LogP contribution in [0.15, 0.2) is 24.3 Å². The normalized spacial score (nSPS) is 20.8. The summed E-state index contributed by atoms with van der Waals surface area (Å²) in [5, 5.41) is 4.89. The molecule has 0 amide bonds. The standard InChI is InChI=1S/C19H28N4OS/c1-14(2)23-18(16-7-9-17(24-4)10-8-16)20-22(19(23)25)13-21-11-5-6-15(3)12-21/h7-10,14-15H,5-6,11-13H2,1-4H3/p+1/t15-/m1/s1. The number of likely N-dealkylation sites (tertiary alicyclic amines) is 1. The molecule has 0 aliphatic carbocycles. The largest absolute Gasteiger partial charge is 0.497 e. The highest BCUT2D eigenvalue weighted by Gasteiger charge is 2.22. The average molecular weight is 362 g/mol. The summed E-state index contributed by atoms with van der Waals surface area (Å²) in [6.07, 6.45) is 2.63. The summed E-state index contributed by atoms with van der Waals surface area (Å²) in [4.78, 5) is 1.57. The summed E-state index contributed by atoms with van der Waals surface area (Å²) in [6.45, 7) is 9.92. The van der Waals surface area contributed by atoms with E-state index >= 15 is 0 Å². The van der Waals surface area contributed by atoms with E-state index in [1.54, 1.807) is 12.0 Å². The highest BCUT2D eigenvalue weighted by atomic mass is 32.1. The zero-order valence-electron chi connectivity index (χ0n) is 15.7. The molecule has 6 heteroatoms. The second-order valence-electron chi connectivity index (χ2n) is 7.41. The lowest BCUT2D eigenvalue weighted by Gasteiger charge is -2.27. The second-order valence-corrected chi connectivity index (χ2v) is 7.77. The van der Waals surface area contributed by atoms with E-state index in [1.165, 1.54) is 25.9 Å². The SMILES string of the molecule is COc1ccc(-c2nn(C[NH+]3CCC[C@@H](C)C3)c(=S)n2C(C)C)cc1. The van der Waals surface area contributed by atoms with E-state index in [0.717, 1.165) is 34.5 Å². The van der Waals surface area contributed by atoms with Crippen molar-refractivity contribution in [2.75, 3.05) is 20.2 Å². The molecule has 136 valence electrons. The molecule has 1 unspecified atom stereocenters. The van der Waals surface area contributed by atoms with Crippen molar-refractivity contribution in [1.29, 1.82) is 0 Å². The first-order valence-electron chi connectivity index (χ1n) is 9.17. The van der Waals surface area contributed by atoms with Crippen molar-refractivity contribution in [2.45, 2.75) is 46.3 Å². The Balaban J connectivity index is 1.93. The Hall–Kier alpha value is -1.66. The van der Waals surface area contributed by atoms with Gasteiger partial charge in [-0.05, 0) is 63.2 Å². The molecular weight excluding hydrogens is 332 g/mol. The number of hydrogen-bond acceptors (Lipinski definition) is 3. The Kier molecular flexibility index (Phi) is 5.59. The van der Waals surface area contributed by atoms with Gasteiger partial charge in [-0.3, -0.25) is 4.57 Å². The van der Waals surface area contributed by atoms with Gasteiger partial charge in [-0.15, -0.1) is 5.10 Å². The second kappa shape index (κ2) is 7.70. The highest BCUT2D eigenvalue weighted by molar-refractivity contribution is 7.71. The van der Waals surface area contributed by atoms with Crippen LogP contribution in [0.4, 0.5) is 0 Å². The molecule has 5 nitrogen and oxygen atoms in total. The van der Waals surface area contributed by atoms with Crippen molar-refractivity contribution >= 4 is 12.2 Å². The monoisotopic (exact) mass is 361 g/mol. The third kappa shape index (κ3) is 3.96. The van der Waals surface area contributed by atoms with Crippen LogP contribution in [0.2, 0.25) is 0 Å². The first kappa shape index (κ1) is 18.1. The summed E-state index contributed by atoms with van der Waals surface area (Å²) >= 11 is 5.76. The lowest BCUT2D eigenvalue weighted by Crippen LogP contribution is -3.12. The number of ether oxygens (including phenoxy) is 1. The average Bonchev–Trinajstić information content (AvgIpc) is 2.92. The maximum atomic E-state index is 5.76. The third-order valence-corrected chi connectivity index (χ3v) is 5.38. The van der Waals surface area contributed by atoms with E-state index < -0.39 is 0 Å². The summed E-state index contributed by atoms with van der Waals surface area (Å²) in [6, 6.07) is 8.32. The number of hydrogen-bond donors (Lipinski definition) is 1. The van der Waals surface area contributed by atoms with Crippen LogP contribution in [-0.2, 0) is 6.67 Å². The van der Waals surface area contributed by atoms with Crippen LogP contribution in [0.3, 0.4) is 0 Å². The molecular formula is C19H29N4OS+. The van der Waals surface area contributed by atoms with Crippen LogP contribution in [0, 0.1) is 10.7 Å². The maximum absolute atomic E-state index is 5.76. The fourth-order valence-electron chi connectivity index (χ4n) is 3.68. The lowest BCUT2D eigenvalue weighted by molar-refractivity contribution is -0.931. The van der Waals surface area contributed by atoms with Gasteiger partial charge in [0, 0.05) is 17.5 Å². The molecule has 1 aliphatic heterocycles. The molecule has 0 spiro atoms. The first-order valence-corrected chi connectivity index (χ1v) is 9.57. The molecule has 2 aromatic rings. The Morgan fingerprint density at radius 3 is 2.64 bits per heavy atom. The summed E-state index contributed by atoms with van der Waals surface area (Å²) in [5.41, 5.74) is 1.07. The van der Waals surface area contributed by atoms with Crippen LogP contribution in [-0.4, -0.2) is 34.5 Å². The van der Waals surface area contributed by atoms with Gasteiger partial charge in [-0.25, -0.2) is 0 Å². The Morgan fingerprint density at radius 1 is 1.32 bits per heavy atom. The van der Waals surface area contributed by atoms with Crippen molar-refractivity contribution in [3.05, 3.63) is 29.0 Å². The van der Waals surface area contributed by atoms with Crippen LogP contribution < -0.4 is 9.64 Å². The van der Waals surface area contributed by atoms with E-state index in [-0.39, 0.29) is 6.04 Å². The summed E-state index contributed by atoms with van der Waals surface area (Å²) < 4.78 is 10.3. The van der Waals surface area contributed by atoms with E-state index in [1.807, 2.05) is 16.8 Å². The molecule has 1 saturated heterocycles. The van der Waals surface area contributed by atoms with E-state index in [2.05, 4.69) is 37.5 Å². The number of aromatic nitrogens is 3. The molecule has 3 rings (SSSR count). The zero-order valence-corrected chi connectivity index (χ0v) is 16.5. The van der Waals surface area contributed by atoms with Crippen molar-refractivity contribution in [3.63, 3.8) is 0 Å². The molecule has 1 N–H and O–H groups in total. The number of benzene rings is 1. The van der Waals surface area contributed by atoms with Crippen molar-refractivity contribution in [3.8, 4) is 17.1 Å². The molecule has 1 aromatic carbocycles.